The van der Waals surface area contributed by atoms with E-state index < -0.39 is 6.43 Å². The van der Waals surface area contributed by atoms with Crippen LogP contribution in [0.25, 0.3) is 0 Å². The molecule has 0 atom stereocenters. The third kappa shape index (κ3) is 8.23. The predicted molar refractivity (Wildman–Crippen MR) is 77.7 cm³/mol. The molecule has 0 nitrogen and oxygen atoms in total. The highest BCUT2D eigenvalue weighted by molar-refractivity contribution is 5.17. The Hall–Kier alpha value is -0.990. The van der Waals surface area contributed by atoms with E-state index in [4.69, 9.17) is 0 Å². The Morgan fingerprint density at radius 3 is 1.90 bits per heavy atom. The number of benzene rings is 1. The van der Waals surface area contributed by atoms with Crippen LogP contribution in [0.2, 0.25) is 0 Å². The number of unbranched alkanes of at least 4 members (excludes halogenated alkanes) is 7. The van der Waals surface area contributed by atoms with Crippen molar-refractivity contribution >= 4 is 0 Å². The fourth-order valence-electron chi connectivity index (χ4n) is 2.38. The first kappa shape index (κ1) is 17.1. The Kier molecular flexibility index (Phi) is 9.18. The van der Waals surface area contributed by atoms with Crippen molar-refractivity contribution in [1.29, 1.82) is 0 Å². The summed E-state index contributed by atoms with van der Waals surface area (Å²) in [6.07, 6.45) is 6.90. The maximum atomic E-state index is 13.3. The lowest BCUT2D eigenvalue weighted by Gasteiger charge is -2.04. The minimum absolute atomic E-state index is 0.0443. The molecule has 0 radical (unpaired) electrons. The second-order valence-corrected chi connectivity index (χ2v) is 5.35. The van der Waals surface area contributed by atoms with Crippen LogP contribution in [0.4, 0.5) is 13.2 Å². The van der Waals surface area contributed by atoms with Gasteiger partial charge in [-0.2, -0.15) is 0 Å². The van der Waals surface area contributed by atoms with Crippen molar-refractivity contribution in [3.8, 4) is 0 Å². The molecule has 0 N–H and O–H groups in total. The van der Waals surface area contributed by atoms with Gasteiger partial charge in [0, 0.05) is 6.42 Å². The molecule has 0 unspecified atom stereocenters. The summed E-state index contributed by atoms with van der Waals surface area (Å²) < 4.78 is 37.1. The molecule has 0 heterocycles. The van der Waals surface area contributed by atoms with Crippen molar-refractivity contribution in [2.45, 2.75) is 70.6 Å². The summed E-state index contributed by atoms with van der Waals surface area (Å²) in [7, 11) is 0. The molecule has 0 aromatic heterocycles. The second kappa shape index (κ2) is 10.8. The maximum Gasteiger partial charge on any atom is 0.238 e. The van der Waals surface area contributed by atoms with Crippen LogP contribution in [0, 0.1) is 5.82 Å². The monoisotopic (exact) mass is 286 g/mol. The van der Waals surface area contributed by atoms with E-state index >= 15 is 0 Å². The van der Waals surface area contributed by atoms with Gasteiger partial charge in [0.25, 0.3) is 0 Å². The summed E-state index contributed by atoms with van der Waals surface area (Å²) in [5.41, 5.74) is 0.805. The molecule has 1 aromatic carbocycles. The van der Waals surface area contributed by atoms with Crippen LogP contribution >= 0.6 is 0 Å². The number of hydrogen-bond donors (Lipinski definition) is 0. The second-order valence-electron chi connectivity index (χ2n) is 5.35. The quantitative estimate of drug-likeness (QED) is 0.428. The molecule has 0 aliphatic rings. The van der Waals surface area contributed by atoms with E-state index in [1.54, 1.807) is 6.07 Å². The molecule has 0 saturated heterocycles. The lowest BCUT2D eigenvalue weighted by molar-refractivity contribution is 0.133. The van der Waals surface area contributed by atoms with Gasteiger partial charge in [-0.05, 0) is 30.9 Å². The van der Waals surface area contributed by atoms with Crippen molar-refractivity contribution in [2.24, 2.45) is 0 Å². The molecule has 0 amide bonds. The fourth-order valence-corrected chi connectivity index (χ4v) is 2.38. The standard InChI is InChI=1S/C17H25F3/c18-16-13-10-9-12-15(16)11-7-5-3-1-2-4-6-8-14-17(19)20/h9-10,12-13,17H,1-8,11,14H2. The summed E-state index contributed by atoms with van der Waals surface area (Å²) in [5.74, 6) is -0.105. The van der Waals surface area contributed by atoms with E-state index in [2.05, 4.69) is 0 Å². The van der Waals surface area contributed by atoms with Gasteiger partial charge in [-0.15, -0.1) is 0 Å². The fraction of sp³-hybridized carbons (Fsp3) is 0.647. The van der Waals surface area contributed by atoms with Crippen LogP contribution < -0.4 is 0 Å². The molecule has 3 heteroatoms. The Morgan fingerprint density at radius 2 is 1.30 bits per heavy atom. The van der Waals surface area contributed by atoms with Crippen LogP contribution in [0.1, 0.15) is 63.4 Å². The first-order chi connectivity index (χ1) is 9.70. The Labute approximate surface area is 120 Å². The van der Waals surface area contributed by atoms with Crippen molar-refractivity contribution < 1.29 is 13.2 Å². The third-order valence-electron chi connectivity index (χ3n) is 3.58. The molecule has 20 heavy (non-hydrogen) atoms. The first-order valence-corrected chi connectivity index (χ1v) is 7.71. The van der Waals surface area contributed by atoms with Gasteiger partial charge in [0.1, 0.15) is 5.82 Å². The van der Waals surface area contributed by atoms with Gasteiger partial charge in [-0.25, -0.2) is 13.2 Å². The average Bonchev–Trinajstić information content (AvgIpc) is 2.42. The minimum Gasteiger partial charge on any atom is -0.211 e. The molecule has 0 aliphatic heterocycles. The SMILES string of the molecule is Fc1ccccc1CCCCCCCCCCC(F)F. The zero-order valence-electron chi connectivity index (χ0n) is 12.1. The van der Waals surface area contributed by atoms with Crippen molar-refractivity contribution in [3.63, 3.8) is 0 Å². The number of hydrogen-bond acceptors (Lipinski definition) is 0. The maximum absolute atomic E-state index is 13.3. The minimum atomic E-state index is -2.15. The third-order valence-corrected chi connectivity index (χ3v) is 3.58. The normalized spacial score (nSPS) is 11.2. The highest BCUT2D eigenvalue weighted by Gasteiger charge is 2.01. The summed E-state index contributed by atoms with van der Waals surface area (Å²) in [5, 5.41) is 0. The Balaban J connectivity index is 1.89. The van der Waals surface area contributed by atoms with Gasteiger partial charge in [-0.3, -0.25) is 0 Å². The van der Waals surface area contributed by atoms with E-state index in [-0.39, 0.29) is 12.2 Å². The number of aryl methyl sites for hydroxylation is 1. The Morgan fingerprint density at radius 1 is 0.750 bits per heavy atom. The van der Waals surface area contributed by atoms with Gasteiger partial charge in [0.05, 0.1) is 0 Å². The van der Waals surface area contributed by atoms with Crippen molar-refractivity contribution in [2.75, 3.05) is 0 Å². The molecule has 0 spiro atoms. The number of rotatable bonds is 11. The van der Waals surface area contributed by atoms with Gasteiger partial charge >= 0.3 is 0 Å². The van der Waals surface area contributed by atoms with Crippen LogP contribution in [-0.2, 0) is 6.42 Å². The zero-order chi connectivity index (χ0) is 14.6. The summed E-state index contributed by atoms with van der Waals surface area (Å²) in [4.78, 5) is 0. The average molecular weight is 286 g/mol. The topological polar surface area (TPSA) is 0 Å². The molecular weight excluding hydrogens is 261 g/mol. The van der Waals surface area contributed by atoms with Gasteiger partial charge < -0.3 is 0 Å². The van der Waals surface area contributed by atoms with E-state index in [0.29, 0.717) is 6.42 Å². The highest BCUT2D eigenvalue weighted by Crippen LogP contribution is 2.14. The zero-order valence-corrected chi connectivity index (χ0v) is 12.1. The highest BCUT2D eigenvalue weighted by atomic mass is 19.3. The lowest BCUT2D eigenvalue weighted by Crippen LogP contribution is -1.91. The molecule has 1 rings (SSSR count). The summed E-state index contributed by atoms with van der Waals surface area (Å²) in [6, 6.07) is 6.94. The molecule has 114 valence electrons. The molecule has 1 aromatic rings. The number of halogens is 3. The van der Waals surface area contributed by atoms with Crippen LogP contribution in [0.5, 0.6) is 0 Å². The first-order valence-electron chi connectivity index (χ1n) is 7.71. The molecule has 0 bridgehead atoms. The molecular formula is C17H25F3. The van der Waals surface area contributed by atoms with Gasteiger partial charge in [0.15, 0.2) is 0 Å². The van der Waals surface area contributed by atoms with E-state index in [1.807, 2.05) is 12.1 Å². The van der Waals surface area contributed by atoms with Crippen LogP contribution in [0.3, 0.4) is 0 Å². The largest absolute Gasteiger partial charge is 0.238 e. The molecule has 0 aliphatic carbocycles. The van der Waals surface area contributed by atoms with E-state index in [9.17, 15) is 13.2 Å². The molecule has 0 fully saturated rings. The predicted octanol–water partition coefficient (Wildman–Crippen LogP) is 6.14. The van der Waals surface area contributed by atoms with Crippen molar-refractivity contribution in [1.82, 2.24) is 0 Å². The van der Waals surface area contributed by atoms with E-state index in [0.717, 1.165) is 56.9 Å². The van der Waals surface area contributed by atoms with Gasteiger partial charge in [0.2, 0.25) is 6.43 Å². The van der Waals surface area contributed by atoms with Crippen LogP contribution in [-0.4, -0.2) is 6.43 Å². The summed E-state index contributed by atoms with van der Waals surface area (Å²) >= 11 is 0. The lowest BCUT2D eigenvalue weighted by atomic mass is 10.0. The molecule has 0 saturated carbocycles. The Bertz CT molecular complexity index is 350. The number of alkyl halides is 2. The smallest absolute Gasteiger partial charge is 0.211 e. The van der Waals surface area contributed by atoms with Gasteiger partial charge in [-0.1, -0.05) is 56.7 Å². The van der Waals surface area contributed by atoms with Crippen molar-refractivity contribution in [3.05, 3.63) is 35.6 Å². The summed E-state index contributed by atoms with van der Waals surface area (Å²) in [6.45, 7) is 0. The van der Waals surface area contributed by atoms with E-state index in [1.165, 1.54) is 6.07 Å². The van der Waals surface area contributed by atoms with Crippen LogP contribution in [0.15, 0.2) is 24.3 Å².